The fraction of sp³-hybridized carbons (Fsp3) is 0.467. The average molecular weight is 311 g/mol. The normalized spacial score (nSPS) is 11.0. The third-order valence-corrected chi connectivity index (χ3v) is 4.13. The molecule has 2 aromatic rings. The van der Waals surface area contributed by atoms with E-state index in [-0.39, 0.29) is 0 Å². The van der Waals surface area contributed by atoms with Crippen LogP contribution in [0.1, 0.15) is 30.3 Å². The van der Waals surface area contributed by atoms with Crippen molar-refractivity contribution in [1.29, 1.82) is 0 Å². The van der Waals surface area contributed by atoms with Crippen LogP contribution in [0.2, 0.25) is 0 Å². The molecule has 0 aliphatic rings. The fourth-order valence-electron chi connectivity index (χ4n) is 1.95. The van der Waals surface area contributed by atoms with E-state index >= 15 is 0 Å². The Balaban J connectivity index is 2.01. The van der Waals surface area contributed by atoms with Gasteiger partial charge in [0.1, 0.15) is 16.6 Å². The number of rotatable bonds is 7. The van der Waals surface area contributed by atoms with Crippen molar-refractivity contribution in [2.24, 2.45) is 0 Å². The van der Waals surface area contributed by atoms with Crippen LogP contribution in [0.25, 0.3) is 10.6 Å². The Morgan fingerprint density at radius 1 is 1.14 bits per heavy atom. The van der Waals surface area contributed by atoms with E-state index in [1.54, 1.807) is 6.92 Å². The van der Waals surface area contributed by atoms with Gasteiger partial charge in [-0.25, -0.2) is 8.78 Å². The van der Waals surface area contributed by atoms with E-state index < -0.39 is 11.6 Å². The molecule has 0 spiro atoms. The minimum Gasteiger partial charge on any atom is -0.317 e. The average Bonchev–Trinajstić information content (AvgIpc) is 2.91. The summed E-state index contributed by atoms with van der Waals surface area (Å²) in [6.45, 7) is 5.69. The van der Waals surface area contributed by atoms with Gasteiger partial charge in [-0.1, -0.05) is 18.3 Å². The van der Waals surface area contributed by atoms with Crippen molar-refractivity contribution in [3.8, 4) is 10.6 Å². The summed E-state index contributed by atoms with van der Waals surface area (Å²) in [7, 11) is 0. The monoisotopic (exact) mass is 311 g/mol. The van der Waals surface area contributed by atoms with Gasteiger partial charge in [0.05, 0.1) is 0 Å². The van der Waals surface area contributed by atoms with Crippen molar-refractivity contribution in [2.75, 3.05) is 13.1 Å². The van der Waals surface area contributed by atoms with Gasteiger partial charge in [0, 0.05) is 18.1 Å². The van der Waals surface area contributed by atoms with Gasteiger partial charge < -0.3 is 5.32 Å². The molecule has 6 heteroatoms. The van der Waals surface area contributed by atoms with E-state index in [2.05, 4.69) is 22.4 Å². The quantitative estimate of drug-likeness (QED) is 0.792. The molecule has 21 heavy (non-hydrogen) atoms. The van der Waals surface area contributed by atoms with Crippen molar-refractivity contribution in [3.63, 3.8) is 0 Å². The molecule has 1 aromatic heterocycles. The lowest BCUT2D eigenvalue weighted by atomic mass is 10.1. The van der Waals surface area contributed by atoms with E-state index in [0.717, 1.165) is 43.4 Å². The van der Waals surface area contributed by atoms with Crippen LogP contribution < -0.4 is 5.32 Å². The molecule has 1 heterocycles. The van der Waals surface area contributed by atoms with E-state index in [4.69, 9.17) is 0 Å². The summed E-state index contributed by atoms with van der Waals surface area (Å²) in [5, 5.41) is 12.8. The highest BCUT2D eigenvalue weighted by Gasteiger charge is 2.13. The van der Waals surface area contributed by atoms with Crippen molar-refractivity contribution >= 4 is 11.3 Å². The van der Waals surface area contributed by atoms with Gasteiger partial charge in [0.25, 0.3) is 0 Å². The lowest BCUT2D eigenvalue weighted by Crippen LogP contribution is -2.16. The molecule has 0 radical (unpaired) electrons. The predicted octanol–water partition coefficient (Wildman–Crippen LogP) is 3.72. The summed E-state index contributed by atoms with van der Waals surface area (Å²) >= 11 is 1.37. The molecule has 2 rings (SSSR count). The van der Waals surface area contributed by atoms with Crippen molar-refractivity contribution in [3.05, 3.63) is 34.3 Å². The zero-order valence-corrected chi connectivity index (χ0v) is 13.1. The Bertz CT molecular complexity index is 599. The highest BCUT2D eigenvalue weighted by atomic mass is 32.1. The van der Waals surface area contributed by atoms with Crippen molar-refractivity contribution < 1.29 is 8.78 Å². The number of aromatic nitrogens is 2. The zero-order chi connectivity index (χ0) is 15.2. The number of nitrogens with zero attached hydrogens (tertiary/aromatic N) is 2. The van der Waals surface area contributed by atoms with Gasteiger partial charge in [-0.15, -0.1) is 10.2 Å². The summed E-state index contributed by atoms with van der Waals surface area (Å²) < 4.78 is 27.1. The molecule has 0 saturated carbocycles. The minimum atomic E-state index is -0.592. The molecule has 0 amide bonds. The molecule has 3 nitrogen and oxygen atoms in total. The Morgan fingerprint density at radius 2 is 1.95 bits per heavy atom. The smallest absolute Gasteiger partial charge is 0.150 e. The SMILES string of the molecule is CCCNCCCc1nnc(-c2cc(C)c(F)cc2F)s1. The minimum absolute atomic E-state index is 0.321. The van der Waals surface area contributed by atoms with E-state index in [1.807, 2.05) is 0 Å². The van der Waals surface area contributed by atoms with Gasteiger partial charge >= 0.3 is 0 Å². The molecule has 0 aliphatic heterocycles. The zero-order valence-electron chi connectivity index (χ0n) is 12.2. The van der Waals surface area contributed by atoms with Gasteiger partial charge in [0.15, 0.2) is 5.01 Å². The van der Waals surface area contributed by atoms with Crippen LogP contribution in [0.5, 0.6) is 0 Å². The standard InChI is InChI=1S/C15H19F2N3S/c1-3-6-18-7-4-5-14-19-20-15(21-14)11-8-10(2)12(16)9-13(11)17/h8-9,18H,3-7H2,1-2H3. The first-order chi connectivity index (χ1) is 10.1. The van der Waals surface area contributed by atoms with Gasteiger partial charge in [-0.05, 0) is 44.5 Å². The van der Waals surface area contributed by atoms with Gasteiger partial charge in [0.2, 0.25) is 0 Å². The van der Waals surface area contributed by atoms with Crippen LogP contribution in [-0.2, 0) is 6.42 Å². The van der Waals surface area contributed by atoms with Crippen LogP contribution >= 0.6 is 11.3 Å². The first-order valence-electron chi connectivity index (χ1n) is 7.11. The lowest BCUT2D eigenvalue weighted by Gasteiger charge is -2.02. The Hall–Kier alpha value is -1.40. The number of aryl methyl sites for hydroxylation is 2. The second-order valence-corrected chi connectivity index (χ2v) is 6.00. The van der Waals surface area contributed by atoms with Crippen LogP contribution in [0.15, 0.2) is 12.1 Å². The van der Waals surface area contributed by atoms with Crippen molar-refractivity contribution in [1.82, 2.24) is 15.5 Å². The summed E-state index contributed by atoms with van der Waals surface area (Å²) in [6, 6.07) is 2.39. The first-order valence-corrected chi connectivity index (χ1v) is 7.92. The second-order valence-electron chi connectivity index (χ2n) is 4.94. The third-order valence-electron chi connectivity index (χ3n) is 3.12. The molecule has 0 fully saturated rings. The van der Waals surface area contributed by atoms with Crippen LogP contribution in [0.4, 0.5) is 8.78 Å². The Kier molecular flexibility index (Phi) is 5.76. The van der Waals surface area contributed by atoms with Gasteiger partial charge in [-0.2, -0.15) is 0 Å². The lowest BCUT2D eigenvalue weighted by molar-refractivity contribution is 0.579. The maximum absolute atomic E-state index is 13.8. The first kappa shape index (κ1) is 16.0. The number of halogens is 2. The summed E-state index contributed by atoms with van der Waals surface area (Å²) in [5.74, 6) is -1.13. The fourth-order valence-corrected chi connectivity index (χ4v) is 2.85. The molecule has 0 saturated heterocycles. The molecule has 0 atom stereocenters. The third kappa shape index (κ3) is 4.28. The number of hydrogen-bond donors (Lipinski definition) is 1. The van der Waals surface area contributed by atoms with Gasteiger partial charge in [-0.3, -0.25) is 0 Å². The molecule has 114 valence electrons. The second kappa shape index (κ2) is 7.56. The molecule has 0 unspecified atom stereocenters. The Labute approximate surface area is 127 Å². The summed E-state index contributed by atoms with van der Waals surface area (Å²) in [6.07, 6.45) is 2.90. The topological polar surface area (TPSA) is 37.8 Å². The highest BCUT2D eigenvalue weighted by molar-refractivity contribution is 7.14. The highest BCUT2D eigenvalue weighted by Crippen LogP contribution is 2.28. The molecular weight excluding hydrogens is 292 g/mol. The molecule has 0 aliphatic carbocycles. The number of hydrogen-bond acceptors (Lipinski definition) is 4. The maximum atomic E-state index is 13.8. The van der Waals surface area contributed by atoms with Crippen LogP contribution in [0.3, 0.4) is 0 Å². The van der Waals surface area contributed by atoms with E-state index in [1.165, 1.54) is 17.4 Å². The molecule has 1 N–H and O–H groups in total. The van der Waals surface area contributed by atoms with E-state index in [0.29, 0.717) is 16.1 Å². The molecular formula is C15H19F2N3S. The summed E-state index contributed by atoms with van der Waals surface area (Å²) in [4.78, 5) is 0. The number of benzene rings is 1. The predicted molar refractivity (Wildman–Crippen MR) is 81.5 cm³/mol. The molecule has 0 bridgehead atoms. The largest absolute Gasteiger partial charge is 0.317 e. The van der Waals surface area contributed by atoms with Crippen molar-refractivity contribution in [2.45, 2.75) is 33.1 Å². The maximum Gasteiger partial charge on any atom is 0.150 e. The Morgan fingerprint density at radius 3 is 2.71 bits per heavy atom. The van der Waals surface area contributed by atoms with E-state index in [9.17, 15) is 8.78 Å². The summed E-state index contributed by atoms with van der Waals surface area (Å²) in [5.41, 5.74) is 0.730. The molecule has 1 aromatic carbocycles. The van der Waals surface area contributed by atoms with Crippen LogP contribution in [-0.4, -0.2) is 23.3 Å². The number of nitrogens with one attached hydrogen (secondary N) is 1. The van der Waals surface area contributed by atoms with Crippen LogP contribution in [0, 0.1) is 18.6 Å².